The SMILES string of the molecule is Cc1ccsc1NC(=O)NCC(=O)N(CC(=O)N1CCCC(C)(C)C1)c1ccccc1. The van der Waals surface area contributed by atoms with E-state index in [1.807, 2.05) is 41.5 Å². The van der Waals surface area contributed by atoms with Gasteiger partial charge in [0.05, 0.1) is 11.5 Å². The van der Waals surface area contributed by atoms with Crippen LogP contribution in [-0.4, -0.2) is 48.9 Å². The van der Waals surface area contributed by atoms with Crippen molar-refractivity contribution in [3.05, 3.63) is 47.3 Å². The molecular weight excluding hydrogens is 412 g/mol. The average molecular weight is 443 g/mol. The van der Waals surface area contributed by atoms with Crippen LogP contribution in [0.25, 0.3) is 0 Å². The van der Waals surface area contributed by atoms with Crippen molar-refractivity contribution in [1.29, 1.82) is 0 Å². The number of carbonyl (C=O) groups is 3. The van der Waals surface area contributed by atoms with Crippen LogP contribution in [0.3, 0.4) is 0 Å². The van der Waals surface area contributed by atoms with Crippen LogP contribution in [0.5, 0.6) is 0 Å². The fourth-order valence-electron chi connectivity index (χ4n) is 3.70. The first-order valence-electron chi connectivity index (χ1n) is 10.5. The van der Waals surface area contributed by atoms with Gasteiger partial charge in [-0.3, -0.25) is 14.9 Å². The number of anilines is 2. The van der Waals surface area contributed by atoms with Gasteiger partial charge in [0.25, 0.3) is 0 Å². The number of benzene rings is 1. The molecule has 0 atom stereocenters. The standard InChI is InChI=1S/C23H30N4O3S/c1-17-10-13-31-21(17)25-22(30)24-14-19(28)27(18-8-5-4-6-9-18)15-20(29)26-12-7-11-23(2,3)16-26/h4-6,8-10,13H,7,11-12,14-16H2,1-3H3,(H2,24,25,30). The van der Waals surface area contributed by atoms with Crippen molar-refractivity contribution in [2.45, 2.75) is 33.6 Å². The highest BCUT2D eigenvalue weighted by atomic mass is 32.1. The van der Waals surface area contributed by atoms with Crippen LogP contribution in [0.4, 0.5) is 15.5 Å². The summed E-state index contributed by atoms with van der Waals surface area (Å²) in [5.41, 5.74) is 1.68. The molecular formula is C23H30N4O3S. The molecule has 1 saturated heterocycles. The highest BCUT2D eigenvalue weighted by Gasteiger charge is 2.30. The molecule has 0 saturated carbocycles. The summed E-state index contributed by atoms with van der Waals surface area (Å²) in [6, 6.07) is 10.6. The molecule has 0 unspecified atom stereocenters. The van der Waals surface area contributed by atoms with Gasteiger partial charge in [0.2, 0.25) is 11.8 Å². The number of hydrogen-bond donors (Lipinski definition) is 2. The number of hydrogen-bond acceptors (Lipinski definition) is 4. The molecule has 4 amide bonds. The first kappa shape index (κ1) is 22.8. The Morgan fingerprint density at radius 2 is 1.90 bits per heavy atom. The highest BCUT2D eigenvalue weighted by molar-refractivity contribution is 7.14. The Hall–Kier alpha value is -2.87. The summed E-state index contributed by atoms with van der Waals surface area (Å²) in [6.07, 6.45) is 2.04. The summed E-state index contributed by atoms with van der Waals surface area (Å²) < 4.78 is 0. The van der Waals surface area contributed by atoms with E-state index in [-0.39, 0.29) is 30.3 Å². The molecule has 166 valence electrons. The van der Waals surface area contributed by atoms with E-state index in [9.17, 15) is 14.4 Å². The van der Waals surface area contributed by atoms with E-state index >= 15 is 0 Å². The Morgan fingerprint density at radius 1 is 1.16 bits per heavy atom. The average Bonchev–Trinajstić information content (AvgIpc) is 3.14. The van der Waals surface area contributed by atoms with E-state index in [0.717, 1.165) is 23.4 Å². The number of piperidine rings is 1. The second kappa shape index (κ2) is 9.96. The number of nitrogens with one attached hydrogen (secondary N) is 2. The number of nitrogens with zero attached hydrogens (tertiary/aromatic N) is 2. The Balaban J connectivity index is 1.64. The van der Waals surface area contributed by atoms with E-state index in [0.29, 0.717) is 18.8 Å². The van der Waals surface area contributed by atoms with Crippen LogP contribution in [0.2, 0.25) is 0 Å². The van der Waals surface area contributed by atoms with E-state index < -0.39 is 6.03 Å². The third kappa shape index (κ3) is 6.30. The molecule has 3 rings (SSSR count). The molecule has 31 heavy (non-hydrogen) atoms. The maximum Gasteiger partial charge on any atom is 0.320 e. The van der Waals surface area contributed by atoms with Gasteiger partial charge in [-0.25, -0.2) is 4.79 Å². The Morgan fingerprint density at radius 3 is 2.55 bits per heavy atom. The number of rotatable bonds is 6. The van der Waals surface area contributed by atoms with Gasteiger partial charge in [-0.1, -0.05) is 32.0 Å². The van der Waals surface area contributed by atoms with Gasteiger partial charge in [0.15, 0.2) is 0 Å². The minimum Gasteiger partial charge on any atom is -0.341 e. The quantitative estimate of drug-likeness (QED) is 0.713. The van der Waals surface area contributed by atoms with Gasteiger partial charge in [0.1, 0.15) is 6.54 Å². The van der Waals surface area contributed by atoms with E-state index in [4.69, 9.17) is 0 Å². The summed E-state index contributed by atoms with van der Waals surface area (Å²) in [6.45, 7) is 7.36. The summed E-state index contributed by atoms with van der Waals surface area (Å²) >= 11 is 1.42. The Kier molecular flexibility index (Phi) is 7.33. The van der Waals surface area contributed by atoms with Gasteiger partial charge in [-0.15, -0.1) is 11.3 Å². The second-order valence-corrected chi connectivity index (χ2v) is 9.56. The van der Waals surface area contributed by atoms with Crippen LogP contribution in [-0.2, 0) is 9.59 Å². The van der Waals surface area contributed by atoms with Crippen LogP contribution in [0, 0.1) is 12.3 Å². The molecule has 0 spiro atoms. The second-order valence-electron chi connectivity index (χ2n) is 8.64. The number of aryl methyl sites for hydroxylation is 1. The van der Waals surface area contributed by atoms with Gasteiger partial charge < -0.3 is 15.1 Å². The summed E-state index contributed by atoms with van der Waals surface area (Å²) in [4.78, 5) is 41.5. The highest BCUT2D eigenvalue weighted by Crippen LogP contribution is 2.28. The van der Waals surface area contributed by atoms with Crippen LogP contribution in [0.15, 0.2) is 41.8 Å². The third-order valence-corrected chi connectivity index (χ3v) is 6.34. The fraction of sp³-hybridized carbons (Fsp3) is 0.435. The molecule has 1 aromatic heterocycles. The molecule has 0 radical (unpaired) electrons. The molecule has 8 heteroatoms. The number of carbonyl (C=O) groups excluding carboxylic acids is 3. The zero-order valence-electron chi connectivity index (χ0n) is 18.3. The lowest BCUT2D eigenvalue weighted by Gasteiger charge is -2.39. The Bertz CT molecular complexity index is 926. The van der Waals surface area contributed by atoms with Crippen molar-refractivity contribution in [2.75, 3.05) is 36.4 Å². The van der Waals surface area contributed by atoms with Crippen molar-refractivity contribution in [3.63, 3.8) is 0 Å². The van der Waals surface area contributed by atoms with Crippen molar-refractivity contribution >= 4 is 39.9 Å². The molecule has 1 fully saturated rings. The number of likely N-dealkylation sites (tertiary alicyclic amines) is 1. The maximum absolute atomic E-state index is 13.0. The molecule has 0 aliphatic carbocycles. The predicted molar refractivity (Wildman–Crippen MR) is 124 cm³/mol. The molecule has 0 bridgehead atoms. The summed E-state index contributed by atoms with van der Waals surface area (Å²) in [7, 11) is 0. The van der Waals surface area contributed by atoms with Crippen molar-refractivity contribution in [1.82, 2.24) is 10.2 Å². The van der Waals surface area contributed by atoms with Crippen molar-refractivity contribution in [2.24, 2.45) is 5.41 Å². The number of thiophene rings is 1. The first-order valence-corrected chi connectivity index (χ1v) is 11.4. The third-order valence-electron chi connectivity index (χ3n) is 5.40. The van der Waals surface area contributed by atoms with Gasteiger partial charge >= 0.3 is 6.03 Å². The van der Waals surface area contributed by atoms with E-state index in [2.05, 4.69) is 24.5 Å². The maximum atomic E-state index is 13.0. The van der Waals surface area contributed by atoms with Crippen LogP contribution in [0.1, 0.15) is 32.3 Å². The Labute approximate surface area is 187 Å². The molecule has 1 aliphatic rings. The summed E-state index contributed by atoms with van der Waals surface area (Å²) in [5, 5.41) is 7.99. The van der Waals surface area contributed by atoms with Crippen molar-refractivity contribution in [3.8, 4) is 0 Å². The van der Waals surface area contributed by atoms with Crippen LogP contribution < -0.4 is 15.5 Å². The smallest absolute Gasteiger partial charge is 0.320 e. The summed E-state index contributed by atoms with van der Waals surface area (Å²) in [5.74, 6) is -0.419. The zero-order chi connectivity index (χ0) is 22.4. The van der Waals surface area contributed by atoms with Gasteiger partial charge in [0, 0.05) is 18.8 Å². The molecule has 2 heterocycles. The van der Waals surface area contributed by atoms with E-state index in [1.165, 1.54) is 16.2 Å². The molecule has 1 aliphatic heterocycles. The lowest BCUT2D eigenvalue weighted by Crippen LogP contribution is -2.50. The zero-order valence-corrected chi connectivity index (χ0v) is 19.1. The molecule has 1 aromatic carbocycles. The largest absolute Gasteiger partial charge is 0.341 e. The van der Waals surface area contributed by atoms with E-state index in [1.54, 1.807) is 12.1 Å². The number of urea groups is 1. The lowest BCUT2D eigenvalue weighted by atomic mass is 9.84. The number of para-hydroxylation sites is 1. The minimum atomic E-state index is -0.448. The lowest BCUT2D eigenvalue weighted by molar-refractivity contribution is -0.134. The first-order chi connectivity index (χ1) is 14.7. The number of amides is 4. The van der Waals surface area contributed by atoms with Crippen molar-refractivity contribution < 1.29 is 14.4 Å². The fourth-order valence-corrected chi connectivity index (χ4v) is 4.52. The topological polar surface area (TPSA) is 81.8 Å². The monoisotopic (exact) mass is 442 g/mol. The predicted octanol–water partition coefficient (Wildman–Crippen LogP) is 3.86. The molecule has 2 aromatic rings. The molecule has 7 nitrogen and oxygen atoms in total. The molecule has 2 N–H and O–H groups in total. The minimum absolute atomic E-state index is 0.0493. The van der Waals surface area contributed by atoms with Crippen LogP contribution >= 0.6 is 11.3 Å². The normalized spacial score (nSPS) is 15.3. The van der Waals surface area contributed by atoms with Gasteiger partial charge in [-0.2, -0.15) is 0 Å². The van der Waals surface area contributed by atoms with Gasteiger partial charge in [-0.05, 0) is 54.3 Å².